The molecule has 0 saturated heterocycles. The van der Waals surface area contributed by atoms with Crippen LogP contribution in [0.3, 0.4) is 0 Å². The van der Waals surface area contributed by atoms with E-state index >= 15 is 0 Å². The van der Waals surface area contributed by atoms with Gasteiger partial charge in [-0.2, -0.15) is 0 Å². The molecule has 0 spiro atoms. The van der Waals surface area contributed by atoms with E-state index in [1.165, 1.54) is 64.2 Å². The number of carbonyl (C=O) groups excluding carboxylic acids is 1. The van der Waals surface area contributed by atoms with Crippen LogP contribution in [0.2, 0.25) is 0 Å². The highest BCUT2D eigenvalue weighted by Gasteiger charge is 2.59. The van der Waals surface area contributed by atoms with Crippen LogP contribution in [-0.2, 0) is 4.79 Å². The van der Waals surface area contributed by atoms with Crippen LogP contribution in [-0.4, -0.2) is 11.1 Å². The number of rotatable bonds is 2. The van der Waals surface area contributed by atoms with E-state index in [1.807, 2.05) is 0 Å². The molecule has 4 fully saturated rings. The zero-order valence-electron chi connectivity index (χ0n) is 15.7. The van der Waals surface area contributed by atoms with Gasteiger partial charge in [-0.1, -0.05) is 49.0 Å². The summed E-state index contributed by atoms with van der Waals surface area (Å²) in [5, 5.41) is 0.563. The van der Waals surface area contributed by atoms with Gasteiger partial charge in [-0.05, 0) is 85.9 Å². The van der Waals surface area contributed by atoms with E-state index in [4.69, 9.17) is 0 Å². The lowest BCUT2D eigenvalue weighted by Gasteiger charge is -2.63. The van der Waals surface area contributed by atoms with Crippen LogP contribution >= 0.6 is 15.9 Å². The Morgan fingerprint density at radius 1 is 0.875 bits per heavy atom. The second-order valence-electron chi connectivity index (χ2n) is 10.0. The highest BCUT2D eigenvalue weighted by Crippen LogP contribution is 2.66. The predicted octanol–water partition coefficient (Wildman–Crippen LogP) is 6.39. The van der Waals surface area contributed by atoms with Crippen molar-refractivity contribution in [3.63, 3.8) is 0 Å². The minimum Gasteiger partial charge on any atom is -0.298 e. The monoisotopic (exact) mass is 394 g/mol. The summed E-state index contributed by atoms with van der Waals surface area (Å²) in [7, 11) is 0. The Labute approximate surface area is 156 Å². The topological polar surface area (TPSA) is 17.1 Å². The summed E-state index contributed by atoms with van der Waals surface area (Å²) in [6, 6.07) is 0. The molecular weight excluding hydrogens is 360 g/mol. The molecule has 0 aliphatic heterocycles. The summed E-state index contributed by atoms with van der Waals surface area (Å²) in [5.41, 5.74) is 0.914. The third-order valence-corrected chi connectivity index (χ3v) is 9.90. The van der Waals surface area contributed by atoms with Gasteiger partial charge in [-0.3, -0.25) is 4.79 Å². The maximum Gasteiger partial charge on any atom is 0.147 e. The van der Waals surface area contributed by atoms with E-state index in [0.29, 0.717) is 27.9 Å². The maximum atomic E-state index is 12.6. The number of alkyl halides is 1. The van der Waals surface area contributed by atoms with E-state index in [2.05, 4.69) is 29.8 Å². The number of hydrogen-bond donors (Lipinski definition) is 0. The molecule has 4 aliphatic carbocycles. The number of halogens is 1. The van der Waals surface area contributed by atoms with Gasteiger partial charge in [0.05, 0.1) is 5.33 Å². The number of carbonyl (C=O) groups is 1. The van der Waals surface area contributed by atoms with Crippen LogP contribution in [0.25, 0.3) is 0 Å². The molecule has 1 nitrogen and oxygen atoms in total. The smallest absolute Gasteiger partial charge is 0.147 e. The van der Waals surface area contributed by atoms with Crippen molar-refractivity contribution in [1.29, 1.82) is 0 Å². The van der Waals surface area contributed by atoms with Gasteiger partial charge in [0.2, 0.25) is 0 Å². The summed E-state index contributed by atoms with van der Waals surface area (Å²) in [5.74, 6) is 4.49. The van der Waals surface area contributed by atoms with Gasteiger partial charge in [0, 0.05) is 5.92 Å². The Morgan fingerprint density at radius 3 is 2.46 bits per heavy atom. The second kappa shape index (κ2) is 6.39. The highest BCUT2D eigenvalue weighted by atomic mass is 79.9. The molecular formula is C22H35BrO. The SMILES string of the molecule is C[C@]12CCCC[C@@H]1CC[C@H]1C3CCC[C@H](C(=O)CBr)[C@@]3(C)CC[C@@H]12. The van der Waals surface area contributed by atoms with Crippen LogP contribution in [0.4, 0.5) is 0 Å². The summed E-state index contributed by atoms with van der Waals surface area (Å²) < 4.78 is 0. The fourth-order valence-electron chi connectivity index (χ4n) is 8.11. The lowest BCUT2D eigenvalue weighted by Crippen LogP contribution is -2.56. The van der Waals surface area contributed by atoms with Crippen molar-refractivity contribution in [2.75, 3.05) is 5.33 Å². The zero-order chi connectivity index (χ0) is 16.9. The molecule has 136 valence electrons. The van der Waals surface area contributed by atoms with E-state index < -0.39 is 0 Å². The van der Waals surface area contributed by atoms with Gasteiger partial charge >= 0.3 is 0 Å². The van der Waals surface area contributed by atoms with Gasteiger partial charge < -0.3 is 0 Å². The van der Waals surface area contributed by atoms with Gasteiger partial charge in [0.1, 0.15) is 5.78 Å². The molecule has 0 aromatic rings. The fraction of sp³-hybridized carbons (Fsp3) is 0.955. The van der Waals surface area contributed by atoms with E-state index in [1.54, 1.807) is 0 Å². The molecule has 0 heterocycles. The molecule has 0 aromatic heterocycles. The molecule has 0 amide bonds. The first-order valence-electron chi connectivity index (χ1n) is 10.6. The van der Waals surface area contributed by atoms with Crippen molar-refractivity contribution in [2.24, 2.45) is 40.4 Å². The molecule has 0 N–H and O–H groups in total. The zero-order valence-corrected chi connectivity index (χ0v) is 17.2. The number of hydrogen-bond acceptors (Lipinski definition) is 1. The Hall–Kier alpha value is 0.150. The molecule has 4 aliphatic rings. The van der Waals surface area contributed by atoms with Crippen molar-refractivity contribution >= 4 is 21.7 Å². The van der Waals surface area contributed by atoms with Crippen molar-refractivity contribution < 1.29 is 4.79 Å². The maximum absolute atomic E-state index is 12.6. The largest absolute Gasteiger partial charge is 0.298 e. The second-order valence-corrected chi connectivity index (χ2v) is 10.6. The molecule has 7 atom stereocenters. The first-order chi connectivity index (χ1) is 11.5. The number of Topliss-reactive ketones (excluding diaryl/α,β-unsaturated/α-hetero) is 1. The van der Waals surface area contributed by atoms with Gasteiger partial charge in [-0.25, -0.2) is 0 Å². The first kappa shape index (κ1) is 17.6. The van der Waals surface area contributed by atoms with E-state index in [9.17, 15) is 4.79 Å². The van der Waals surface area contributed by atoms with Gasteiger partial charge in [-0.15, -0.1) is 0 Å². The van der Waals surface area contributed by atoms with Crippen molar-refractivity contribution in [3.05, 3.63) is 0 Å². The molecule has 4 saturated carbocycles. The average molecular weight is 395 g/mol. The Kier molecular flexibility index (Phi) is 4.68. The van der Waals surface area contributed by atoms with Gasteiger partial charge in [0.15, 0.2) is 0 Å². The standard InChI is InChI=1S/C22H35BrO/c1-21-12-4-3-6-15(21)9-10-16-17-7-5-8-19(20(24)14-23)22(17,2)13-11-18(16)21/h15-19H,3-14H2,1-2H3/t15-,16+,17?,18+,19-,21+,22+/m1/s1. The quantitative estimate of drug-likeness (QED) is 0.495. The molecule has 1 unspecified atom stereocenters. The minimum absolute atomic E-state index is 0.294. The predicted molar refractivity (Wildman–Crippen MR) is 103 cm³/mol. The molecule has 0 radical (unpaired) electrons. The van der Waals surface area contributed by atoms with Crippen LogP contribution in [0, 0.1) is 40.4 Å². The van der Waals surface area contributed by atoms with Crippen LogP contribution in [0.5, 0.6) is 0 Å². The highest BCUT2D eigenvalue weighted by molar-refractivity contribution is 9.09. The van der Waals surface area contributed by atoms with Crippen LogP contribution in [0.1, 0.15) is 84.5 Å². The lowest BCUT2D eigenvalue weighted by molar-refractivity contribution is -0.153. The first-order valence-corrected chi connectivity index (χ1v) is 11.7. The molecule has 24 heavy (non-hydrogen) atoms. The number of ketones is 1. The normalized spacial score (nSPS) is 51.2. The molecule has 0 bridgehead atoms. The molecule has 4 rings (SSSR count). The van der Waals surface area contributed by atoms with Crippen LogP contribution in [0.15, 0.2) is 0 Å². The Balaban J connectivity index is 1.63. The van der Waals surface area contributed by atoms with Gasteiger partial charge in [0.25, 0.3) is 0 Å². The average Bonchev–Trinajstić information content (AvgIpc) is 2.59. The van der Waals surface area contributed by atoms with E-state index in [-0.39, 0.29) is 0 Å². The summed E-state index contributed by atoms with van der Waals surface area (Å²) in [4.78, 5) is 12.6. The van der Waals surface area contributed by atoms with E-state index in [0.717, 1.165) is 30.1 Å². The molecule has 2 heteroatoms. The minimum atomic E-state index is 0.294. The fourth-order valence-corrected chi connectivity index (χ4v) is 8.50. The lowest BCUT2D eigenvalue weighted by atomic mass is 9.41. The Morgan fingerprint density at radius 2 is 1.67 bits per heavy atom. The van der Waals surface area contributed by atoms with Crippen molar-refractivity contribution in [2.45, 2.75) is 84.5 Å². The van der Waals surface area contributed by atoms with Crippen molar-refractivity contribution in [1.82, 2.24) is 0 Å². The van der Waals surface area contributed by atoms with Crippen LogP contribution < -0.4 is 0 Å². The Bertz CT molecular complexity index is 502. The third-order valence-electron chi connectivity index (χ3n) is 9.35. The summed E-state index contributed by atoms with van der Waals surface area (Å²) >= 11 is 3.46. The third kappa shape index (κ3) is 2.48. The number of fused-ring (bicyclic) bond motifs is 5. The summed E-state index contributed by atoms with van der Waals surface area (Å²) in [6.45, 7) is 5.15. The molecule has 0 aromatic carbocycles. The van der Waals surface area contributed by atoms with Crippen molar-refractivity contribution in [3.8, 4) is 0 Å². The summed E-state index contributed by atoms with van der Waals surface area (Å²) in [6.07, 6.45) is 15.4.